The van der Waals surface area contributed by atoms with Crippen LogP contribution in [0.1, 0.15) is 50.2 Å². The van der Waals surface area contributed by atoms with Crippen LogP contribution in [-0.4, -0.2) is 5.54 Å². The van der Waals surface area contributed by atoms with Gasteiger partial charge in [-0.25, -0.2) is 8.78 Å². The van der Waals surface area contributed by atoms with Crippen molar-refractivity contribution >= 4 is 0 Å². The summed E-state index contributed by atoms with van der Waals surface area (Å²) in [5, 5.41) is 3.50. The lowest BCUT2D eigenvalue weighted by atomic mass is 10.00. The number of hydrogen-bond donors (Lipinski definition) is 1. The Kier molecular flexibility index (Phi) is 3.77. The Morgan fingerprint density at radius 3 is 2.65 bits per heavy atom. The van der Waals surface area contributed by atoms with Crippen molar-refractivity contribution in [2.45, 2.75) is 51.1 Å². The Bertz CT molecular complexity index is 370. The average Bonchev–Trinajstić information content (AvgIpc) is 2.75. The second-order valence-corrected chi connectivity index (χ2v) is 5.17. The van der Waals surface area contributed by atoms with Crippen LogP contribution in [0.2, 0.25) is 0 Å². The molecular weight excluding hydrogens is 220 g/mol. The molecule has 0 saturated heterocycles. The van der Waals surface area contributed by atoms with E-state index in [4.69, 9.17) is 0 Å². The average molecular weight is 239 g/mol. The van der Waals surface area contributed by atoms with Gasteiger partial charge in [0.2, 0.25) is 0 Å². The molecule has 17 heavy (non-hydrogen) atoms. The zero-order chi connectivity index (χ0) is 12.3. The smallest absolute Gasteiger partial charge is 0.263 e. The largest absolute Gasteiger partial charge is 0.307 e. The molecule has 1 aromatic rings. The molecule has 2 rings (SSSR count). The second-order valence-electron chi connectivity index (χ2n) is 5.17. The number of halogens is 2. The van der Waals surface area contributed by atoms with Crippen molar-refractivity contribution in [1.82, 2.24) is 5.32 Å². The first-order chi connectivity index (χ1) is 8.09. The van der Waals surface area contributed by atoms with Gasteiger partial charge in [0.1, 0.15) is 0 Å². The highest BCUT2D eigenvalue weighted by Crippen LogP contribution is 2.29. The molecule has 1 aliphatic rings. The third kappa shape index (κ3) is 3.25. The summed E-state index contributed by atoms with van der Waals surface area (Å²) in [5.74, 6) is 0. The Morgan fingerprint density at radius 2 is 2.00 bits per heavy atom. The van der Waals surface area contributed by atoms with Crippen LogP contribution in [0.15, 0.2) is 24.3 Å². The highest BCUT2D eigenvalue weighted by Gasteiger charge is 2.27. The molecule has 94 valence electrons. The van der Waals surface area contributed by atoms with E-state index in [1.807, 2.05) is 6.07 Å². The number of alkyl halides is 2. The predicted octanol–water partition coefficient (Wildman–Crippen LogP) is 4.05. The van der Waals surface area contributed by atoms with Crippen molar-refractivity contribution in [3.63, 3.8) is 0 Å². The van der Waals surface area contributed by atoms with Crippen molar-refractivity contribution < 1.29 is 8.78 Å². The second kappa shape index (κ2) is 5.13. The van der Waals surface area contributed by atoms with E-state index >= 15 is 0 Å². The molecule has 1 fully saturated rings. The Labute approximate surface area is 101 Å². The van der Waals surface area contributed by atoms with E-state index in [1.54, 1.807) is 12.1 Å². The van der Waals surface area contributed by atoms with Crippen LogP contribution in [0.3, 0.4) is 0 Å². The summed E-state index contributed by atoms with van der Waals surface area (Å²) in [4.78, 5) is 0. The monoisotopic (exact) mass is 239 g/mol. The van der Waals surface area contributed by atoms with Gasteiger partial charge in [-0.1, -0.05) is 31.0 Å². The first-order valence-corrected chi connectivity index (χ1v) is 6.21. The summed E-state index contributed by atoms with van der Waals surface area (Å²) in [5.41, 5.74) is 1.25. The molecule has 1 saturated carbocycles. The predicted molar refractivity (Wildman–Crippen MR) is 65.1 cm³/mol. The number of nitrogens with one attached hydrogen (secondary N) is 1. The van der Waals surface area contributed by atoms with Crippen molar-refractivity contribution in [2.24, 2.45) is 0 Å². The number of hydrogen-bond acceptors (Lipinski definition) is 1. The molecule has 3 heteroatoms. The third-order valence-corrected chi connectivity index (χ3v) is 3.63. The van der Waals surface area contributed by atoms with Gasteiger partial charge < -0.3 is 5.32 Å². The minimum absolute atomic E-state index is 0.112. The molecule has 1 N–H and O–H groups in total. The van der Waals surface area contributed by atoms with Crippen LogP contribution in [0.5, 0.6) is 0 Å². The minimum Gasteiger partial charge on any atom is -0.307 e. The van der Waals surface area contributed by atoms with E-state index < -0.39 is 6.43 Å². The SMILES string of the molecule is CC1(NCc2cccc(C(F)F)c2)CCCC1. The highest BCUT2D eigenvalue weighted by molar-refractivity contribution is 5.24. The molecule has 0 spiro atoms. The van der Waals surface area contributed by atoms with Gasteiger partial charge >= 0.3 is 0 Å². The maximum absolute atomic E-state index is 12.5. The lowest BCUT2D eigenvalue weighted by molar-refractivity contribution is 0.151. The zero-order valence-electron chi connectivity index (χ0n) is 10.2. The van der Waals surface area contributed by atoms with Crippen LogP contribution >= 0.6 is 0 Å². The summed E-state index contributed by atoms with van der Waals surface area (Å²) >= 11 is 0. The molecule has 0 heterocycles. The van der Waals surface area contributed by atoms with Crippen LogP contribution < -0.4 is 5.32 Å². The standard InChI is InChI=1S/C14H19F2N/c1-14(7-2-3-8-14)17-10-11-5-4-6-12(9-11)13(15)16/h4-6,9,13,17H,2-3,7-8,10H2,1H3. The van der Waals surface area contributed by atoms with Gasteiger partial charge in [-0.2, -0.15) is 0 Å². The summed E-state index contributed by atoms with van der Waals surface area (Å²) in [7, 11) is 0. The van der Waals surface area contributed by atoms with E-state index in [-0.39, 0.29) is 11.1 Å². The minimum atomic E-state index is -2.38. The molecule has 0 atom stereocenters. The topological polar surface area (TPSA) is 12.0 Å². The summed E-state index contributed by atoms with van der Waals surface area (Å²) < 4.78 is 25.1. The van der Waals surface area contributed by atoms with Gasteiger partial charge in [-0.05, 0) is 31.4 Å². The summed E-state index contributed by atoms with van der Waals surface area (Å²) in [6.07, 6.45) is 2.52. The number of benzene rings is 1. The van der Waals surface area contributed by atoms with Crippen molar-refractivity contribution in [2.75, 3.05) is 0 Å². The highest BCUT2D eigenvalue weighted by atomic mass is 19.3. The van der Waals surface area contributed by atoms with Gasteiger partial charge in [0.25, 0.3) is 6.43 Å². The lowest BCUT2D eigenvalue weighted by Crippen LogP contribution is -2.38. The fourth-order valence-electron chi connectivity index (χ4n) is 2.49. The zero-order valence-corrected chi connectivity index (χ0v) is 10.2. The molecular formula is C14H19F2N. The normalized spacial score (nSPS) is 18.8. The first kappa shape index (κ1) is 12.5. The van der Waals surface area contributed by atoms with E-state index in [1.165, 1.54) is 31.7 Å². The van der Waals surface area contributed by atoms with Gasteiger partial charge in [0.15, 0.2) is 0 Å². The van der Waals surface area contributed by atoms with Gasteiger partial charge in [-0.15, -0.1) is 0 Å². The Hall–Kier alpha value is -0.960. The van der Waals surface area contributed by atoms with Crippen LogP contribution in [0.25, 0.3) is 0 Å². The Morgan fingerprint density at radius 1 is 1.29 bits per heavy atom. The molecule has 0 aromatic heterocycles. The van der Waals surface area contributed by atoms with Crippen LogP contribution in [0.4, 0.5) is 8.78 Å². The molecule has 1 aliphatic carbocycles. The van der Waals surface area contributed by atoms with Gasteiger partial charge in [0.05, 0.1) is 0 Å². The third-order valence-electron chi connectivity index (χ3n) is 3.63. The maximum Gasteiger partial charge on any atom is 0.263 e. The molecule has 0 unspecified atom stereocenters. The molecule has 1 aromatic carbocycles. The van der Waals surface area contributed by atoms with Crippen LogP contribution in [-0.2, 0) is 6.54 Å². The molecule has 1 nitrogen and oxygen atoms in total. The van der Waals surface area contributed by atoms with Crippen LogP contribution in [0, 0.1) is 0 Å². The van der Waals surface area contributed by atoms with Crippen molar-refractivity contribution in [1.29, 1.82) is 0 Å². The van der Waals surface area contributed by atoms with Crippen molar-refractivity contribution in [3.8, 4) is 0 Å². The maximum atomic E-state index is 12.5. The van der Waals surface area contributed by atoms with Gasteiger partial charge in [-0.3, -0.25) is 0 Å². The molecule has 0 aliphatic heterocycles. The fourth-order valence-corrected chi connectivity index (χ4v) is 2.49. The molecule has 0 amide bonds. The van der Waals surface area contributed by atoms with E-state index in [9.17, 15) is 8.78 Å². The quantitative estimate of drug-likeness (QED) is 0.836. The van der Waals surface area contributed by atoms with Crippen molar-refractivity contribution in [3.05, 3.63) is 35.4 Å². The summed E-state index contributed by atoms with van der Waals surface area (Å²) in [6.45, 7) is 2.90. The van der Waals surface area contributed by atoms with E-state index in [2.05, 4.69) is 12.2 Å². The molecule has 0 bridgehead atoms. The number of rotatable bonds is 4. The Balaban J connectivity index is 1.96. The van der Waals surface area contributed by atoms with E-state index in [0.717, 1.165) is 5.56 Å². The van der Waals surface area contributed by atoms with Gasteiger partial charge in [0, 0.05) is 17.6 Å². The lowest BCUT2D eigenvalue weighted by Gasteiger charge is -2.25. The first-order valence-electron chi connectivity index (χ1n) is 6.21. The van der Waals surface area contributed by atoms with E-state index in [0.29, 0.717) is 6.54 Å². The fraction of sp³-hybridized carbons (Fsp3) is 0.571. The molecule has 0 radical (unpaired) electrons. The summed E-state index contributed by atoms with van der Waals surface area (Å²) in [6, 6.07) is 6.67.